The highest BCUT2D eigenvalue weighted by molar-refractivity contribution is 5.97. The van der Waals surface area contributed by atoms with E-state index >= 15 is 0 Å². The Morgan fingerprint density at radius 1 is 1.50 bits per heavy atom. The third-order valence-corrected chi connectivity index (χ3v) is 2.33. The van der Waals surface area contributed by atoms with E-state index in [-0.39, 0.29) is 23.5 Å². The molecule has 1 rings (SSSR count). The van der Waals surface area contributed by atoms with E-state index in [1.54, 1.807) is 13.8 Å². The van der Waals surface area contributed by atoms with Gasteiger partial charge in [0.05, 0.1) is 22.6 Å². The maximum atomic E-state index is 11.0. The van der Waals surface area contributed by atoms with E-state index in [0.29, 0.717) is 0 Å². The van der Waals surface area contributed by atoms with Crippen LogP contribution >= 0.6 is 0 Å². The lowest BCUT2D eigenvalue weighted by molar-refractivity contribution is -0.384. The van der Waals surface area contributed by atoms with Crippen LogP contribution in [-0.4, -0.2) is 33.3 Å². The minimum Gasteiger partial charge on any atom is -0.478 e. The molecule has 0 unspecified atom stereocenters. The molecule has 0 amide bonds. The molecule has 0 aromatic heterocycles. The number of aromatic carboxylic acids is 1. The van der Waals surface area contributed by atoms with E-state index in [1.165, 1.54) is 18.2 Å². The molecule has 0 radical (unpaired) electrons. The number of aliphatic hydroxyl groups excluding tert-OH is 1. The molecule has 18 heavy (non-hydrogen) atoms. The Hall–Kier alpha value is -2.15. The molecule has 0 aliphatic carbocycles. The highest BCUT2D eigenvalue weighted by Gasteiger charge is 2.26. The quantitative estimate of drug-likeness (QED) is 0.541. The van der Waals surface area contributed by atoms with Gasteiger partial charge in [0.1, 0.15) is 5.69 Å². The van der Waals surface area contributed by atoms with Crippen LogP contribution in [0.2, 0.25) is 0 Å². The number of nitro benzene ring substituents is 1. The van der Waals surface area contributed by atoms with Crippen molar-refractivity contribution in [3.63, 3.8) is 0 Å². The van der Waals surface area contributed by atoms with Gasteiger partial charge in [0.25, 0.3) is 5.69 Å². The molecular weight excluding hydrogens is 240 g/mol. The fourth-order valence-corrected chi connectivity index (χ4v) is 1.38. The van der Waals surface area contributed by atoms with Gasteiger partial charge in [-0.3, -0.25) is 10.1 Å². The number of benzene rings is 1. The molecule has 0 heterocycles. The van der Waals surface area contributed by atoms with Crippen molar-refractivity contribution in [2.75, 3.05) is 11.9 Å². The maximum absolute atomic E-state index is 11.0. The molecule has 0 aliphatic heterocycles. The Kier molecular flexibility index (Phi) is 3.87. The molecule has 7 nitrogen and oxygen atoms in total. The standard InChI is InChI=1S/C11H14N2O5/c1-11(2,6-14)12-9-7(10(15)16)4-3-5-8(9)13(17)18/h3-5,12,14H,6H2,1-2H3,(H,15,16). The van der Waals surface area contributed by atoms with Crippen LogP contribution in [0.25, 0.3) is 0 Å². The van der Waals surface area contributed by atoms with Crippen molar-refractivity contribution in [3.05, 3.63) is 33.9 Å². The Morgan fingerprint density at radius 2 is 2.11 bits per heavy atom. The fraction of sp³-hybridized carbons (Fsp3) is 0.364. The number of hydrogen-bond acceptors (Lipinski definition) is 5. The van der Waals surface area contributed by atoms with Crippen LogP contribution in [0.5, 0.6) is 0 Å². The predicted molar refractivity (Wildman–Crippen MR) is 64.8 cm³/mol. The van der Waals surface area contributed by atoms with Gasteiger partial charge in [-0.2, -0.15) is 0 Å². The predicted octanol–water partition coefficient (Wildman–Crippen LogP) is 1.48. The van der Waals surface area contributed by atoms with Crippen molar-refractivity contribution in [1.29, 1.82) is 0 Å². The molecule has 1 aromatic rings. The molecule has 0 fully saturated rings. The SMILES string of the molecule is CC(C)(CO)Nc1c(C(=O)O)cccc1[N+](=O)[O-]. The third kappa shape index (κ3) is 2.95. The van der Waals surface area contributed by atoms with Crippen molar-refractivity contribution >= 4 is 17.3 Å². The van der Waals surface area contributed by atoms with Gasteiger partial charge in [0.2, 0.25) is 0 Å². The van der Waals surface area contributed by atoms with Crippen LogP contribution in [-0.2, 0) is 0 Å². The normalized spacial score (nSPS) is 11.1. The molecule has 0 saturated heterocycles. The van der Waals surface area contributed by atoms with Gasteiger partial charge in [-0.05, 0) is 19.9 Å². The van der Waals surface area contributed by atoms with E-state index in [2.05, 4.69) is 5.32 Å². The number of nitrogens with zero attached hydrogens (tertiary/aromatic N) is 1. The first-order valence-electron chi connectivity index (χ1n) is 5.18. The molecular formula is C11H14N2O5. The molecule has 0 atom stereocenters. The van der Waals surface area contributed by atoms with Gasteiger partial charge in [0.15, 0.2) is 0 Å². The number of anilines is 1. The molecule has 0 bridgehead atoms. The maximum Gasteiger partial charge on any atom is 0.338 e. The largest absolute Gasteiger partial charge is 0.478 e. The first-order valence-corrected chi connectivity index (χ1v) is 5.18. The summed E-state index contributed by atoms with van der Waals surface area (Å²) < 4.78 is 0. The number of carboxylic acids is 1. The minimum absolute atomic E-state index is 0.103. The highest BCUT2D eigenvalue weighted by Crippen LogP contribution is 2.30. The third-order valence-electron chi connectivity index (χ3n) is 2.33. The van der Waals surface area contributed by atoms with Gasteiger partial charge in [-0.1, -0.05) is 6.07 Å². The molecule has 98 valence electrons. The molecule has 7 heteroatoms. The van der Waals surface area contributed by atoms with E-state index in [4.69, 9.17) is 10.2 Å². The van der Waals surface area contributed by atoms with Crippen LogP contribution in [0.4, 0.5) is 11.4 Å². The van der Waals surface area contributed by atoms with E-state index in [0.717, 1.165) is 0 Å². The summed E-state index contributed by atoms with van der Waals surface area (Å²) in [5.41, 5.74) is -1.51. The summed E-state index contributed by atoms with van der Waals surface area (Å²) in [6, 6.07) is 3.78. The van der Waals surface area contributed by atoms with Crippen molar-refractivity contribution in [2.24, 2.45) is 0 Å². The van der Waals surface area contributed by atoms with E-state index in [1.807, 2.05) is 0 Å². The summed E-state index contributed by atoms with van der Waals surface area (Å²) in [6.45, 7) is 2.92. The van der Waals surface area contributed by atoms with Gasteiger partial charge < -0.3 is 15.5 Å². The summed E-state index contributed by atoms with van der Waals surface area (Å²) in [6.07, 6.45) is 0. The summed E-state index contributed by atoms with van der Waals surface area (Å²) in [5, 5.41) is 31.7. The second kappa shape index (κ2) is 5.01. The number of nitro groups is 1. The van der Waals surface area contributed by atoms with Crippen molar-refractivity contribution in [1.82, 2.24) is 0 Å². The first kappa shape index (κ1) is 13.9. The second-order valence-electron chi connectivity index (χ2n) is 4.43. The zero-order valence-electron chi connectivity index (χ0n) is 10.0. The van der Waals surface area contributed by atoms with Crippen LogP contribution in [0.1, 0.15) is 24.2 Å². The zero-order valence-corrected chi connectivity index (χ0v) is 10.0. The van der Waals surface area contributed by atoms with Gasteiger partial charge in [-0.15, -0.1) is 0 Å². The average Bonchev–Trinajstić information content (AvgIpc) is 2.28. The second-order valence-corrected chi connectivity index (χ2v) is 4.43. The van der Waals surface area contributed by atoms with Gasteiger partial charge in [0, 0.05) is 6.07 Å². The number of carbonyl (C=O) groups is 1. The Labute approximate surface area is 103 Å². The Balaban J connectivity index is 3.36. The Morgan fingerprint density at radius 3 is 2.56 bits per heavy atom. The molecule has 3 N–H and O–H groups in total. The van der Waals surface area contributed by atoms with Crippen molar-refractivity contribution in [3.8, 4) is 0 Å². The summed E-state index contributed by atoms with van der Waals surface area (Å²) >= 11 is 0. The topological polar surface area (TPSA) is 113 Å². The number of hydrogen-bond donors (Lipinski definition) is 3. The van der Waals surface area contributed by atoms with Gasteiger partial charge >= 0.3 is 5.97 Å². The lowest BCUT2D eigenvalue weighted by atomic mass is 10.0. The minimum atomic E-state index is -1.27. The van der Waals surface area contributed by atoms with Crippen molar-refractivity contribution in [2.45, 2.75) is 19.4 Å². The summed E-state index contributed by atoms with van der Waals surface area (Å²) in [5.74, 6) is -1.27. The smallest absolute Gasteiger partial charge is 0.338 e. The fourth-order valence-electron chi connectivity index (χ4n) is 1.38. The number of para-hydroxylation sites is 1. The van der Waals surface area contributed by atoms with Crippen LogP contribution < -0.4 is 5.32 Å². The number of carboxylic acid groups (broad SMARTS) is 1. The van der Waals surface area contributed by atoms with Crippen molar-refractivity contribution < 1.29 is 19.9 Å². The highest BCUT2D eigenvalue weighted by atomic mass is 16.6. The monoisotopic (exact) mass is 254 g/mol. The Bertz CT molecular complexity index is 452. The number of aliphatic hydroxyl groups is 1. The first-order chi connectivity index (χ1) is 8.28. The van der Waals surface area contributed by atoms with Crippen LogP contribution in [0, 0.1) is 10.1 Å². The molecule has 1 aromatic carbocycles. The lowest BCUT2D eigenvalue weighted by Gasteiger charge is -2.25. The molecule has 0 spiro atoms. The van der Waals surface area contributed by atoms with E-state index in [9.17, 15) is 14.9 Å². The zero-order chi connectivity index (χ0) is 13.9. The lowest BCUT2D eigenvalue weighted by Crippen LogP contribution is -2.35. The van der Waals surface area contributed by atoms with Crippen LogP contribution in [0.3, 0.4) is 0 Å². The number of nitrogens with one attached hydrogen (secondary N) is 1. The number of rotatable bonds is 5. The summed E-state index contributed by atoms with van der Waals surface area (Å²) in [7, 11) is 0. The molecule has 0 aliphatic rings. The van der Waals surface area contributed by atoms with E-state index < -0.39 is 16.4 Å². The summed E-state index contributed by atoms with van der Waals surface area (Å²) in [4.78, 5) is 21.3. The molecule has 0 saturated carbocycles. The van der Waals surface area contributed by atoms with Crippen LogP contribution in [0.15, 0.2) is 18.2 Å². The average molecular weight is 254 g/mol. The van der Waals surface area contributed by atoms with Gasteiger partial charge in [-0.25, -0.2) is 4.79 Å².